The highest BCUT2D eigenvalue weighted by atomic mass is 16.5. The number of nitrogens with two attached hydrogens (primary N) is 1. The highest BCUT2D eigenvalue weighted by Crippen LogP contribution is 2.15. The van der Waals surface area contributed by atoms with Gasteiger partial charge in [0.2, 0.25) is 0 Å². The van der Waals surface area contributed by atoms with E-state index in [0.29, 0.717) is 25.7 Å². The minimum Gasteiger partial charge on any atom is -0.378 e. The second kappa shape index (κ2) is 6.62. The first kappa shape index (κ1) is 14.6. The molecule has 0 atom stereocenters. The zero-order valence-corrected chi connectivity index (χ0v) is 12.8. The molecule has 2 heterocycles. The van der Waals surface area contributed by atoms with Gasteiger partial charge in [-0.05, 0) is 24.6 Å². The molecular weight excluding hydrogens is 278 g/mol. The first-order valence-electron chi connectivity index (χ1n) is 7.47. The van der Waals surface area contributed by atoms with Crippen molar-refractivity contribution in [2.75, 3.05) is 26.3 Å². The average Bonchev–Trinajstić information content (AvgIpc) is 3.00. The van der Waals surface area contributed by atoms with Crippen LogP contribution in [0.15, 0.2) is 41.5 Å². The summed E-state index contributed by atoms with van der Waals surface area (Å²) in [6, 6.07) is 10.1. The lowest BCUT2D eigenvalue weighted by Gasteiger charge is -2.27. The molecular formula is C16H21N5O. The van der Waals surface area contributed by atoms with E-state index in [4.69, 9.17) is 10.5 Å². The van der Waals surface area contributed by atoms with Crippen LogP contribution in [0.1, 0.15) is 11.3 Å². The van der Waals surface area contributed by atoms with E-state index in [2.05, 4.69) is 21.1 Å². The predicted molar refractivity (Wildman–Crippen MR) is 86.0 cm³/mol. The maximum absolute atomic E-state index is 6.09. The van der Waals surface area contributed by atoms with Crippen molar-refractivity contribution in [1.82, 2.24) is 14.7 Å². The number of aliphatic imine (C=N–C) groups is 1. The fraction of sp³-hybridized carbons (Fsp3) is 0.375. The minimum absolute atomic E-state index is 0.540. The lowest BCUT2D eigenvalue weighted by atomic mass is 10.2. The molecule has 6 heteroatoms. The molecule has 1 saturated heterocycles. The van der Waals surface area contributed by atoms with Crippen molar-refractivity contribution < 1.29 is 4.74 Å². The highest BCUT2D eigenvalue weighted by molar-refractivity contribution is 5.78. The van der Waals surface area contributed by atoms with Crippen LogP contribution in [0.25, 0.3) is 5.69 Å². The number of aromatic nitrogens is 2. The van der Waals surface area contributed by atoms with Gasteiger partial charge in [-0.15, -0.1) is 0 Å². The Morgan fingerprint density at radius 2 is 2.05 bits per heavy atom. The Morgan fingerprint density at radius 3 is 2.77 bits per heavy atom. The smallest absolute Gasteiger partial charge is 0.191 e. The van der Waals surface area contributed by atoms with Crippen LogP contribution in [0.4, 0.5) is 0 Å². The van der Waals surface area contributed by atoms with E-state index in [1.165, 1.54) is 0 Å². The van der Waals surface area contributed by atoms with Crippen molar-refractivity contribution in [3.05, 3.63) is 47.8 Å². The van der Waals surface area contributed by atoms with Crippen LogP contribution in [-0.2, 0) is 11.3 Å². The molecule has 1 fully saturated rings. The third kappa shape index (κ3) is 3.28. The molecule has 116 valence electrons. The number of hydrogen-bond acceptors (Lipinski definition) is 3. The Hall–Kier alpha value is -2.34. The molecule has 1 aromatic carbocycles. The molecule has 1 aliphatic heterocycles. The lowest BCUT2D eigenvalue weighted by Crippen LogP contribution is -2.44. The van der Waals surface area contributed by atoms with Crippen molar-refractivity contribution in [2.24, 2.45) is 10.7 Å². The van der Waals surface area contributed by atoms with Crippen LogP contribution in [0.2, 0.25) is 0 Å². The fourth-order valence-electron chi connectivity index (χ4n) is 2.48. The van der Waals surface area contributed by atoms with Gasteiger partial charge in [-0.2, -0.15) is 5.10 Å². The van der Waals surface area contributed by atoms with Crippen LogP contribution in [0.5, 0.6) is 0 Å². The van der Waals surface area contributed by atoms with Gasteiger partial charge in [0.05, 0.1) is 31.1 Å². The van der Waals surface area contributed by atoms with E-state index < -0.39 is 0 Å². The van der Waals surface area contributed by atoms with Gasteiger partial charge in [-0.25, -0.2) is 9.67 Å². The van der Waals surface area contributed by atoms with Crippen LogP contribution in [-0.4, -0.2) is 46.9 Å². The van der Waals surface area contributed by atoms with Gasteiger partial charge in [0.25, 0.3) is 0 Å². The van der Waals surface area contributed by atoms with Crippen LogP contribution >= 0.6 is 0 Å². The second-order valence-corrected chi connectivity index (χ2v) is 5.30. The molecule has 3 rings (SSSR count). The largest absolute Gasteiger partial charge is 0.378 e. The quantitative estimate of drug-likeness (QED) is 0.686. The number of benzene rings is 1. The third-order valence-electron chi connectivity index (χ3n) is 3.71. The van der Waals surface area contributed by atoms with Crippen LogP contribution in [0, 0.1) is 6.92 Å². The first-order chi connectivity index (χ1) is 10.7. The summed E-state index contributed by atoms with van der Waals surface area (Å²) >= 11 is 0. The van der Waals surface area contributed by atoms with E-state index >= 15 is 0 Å². The van der Waals surface area contributed by atoms with Gasteiger partial charge in [-0.3, -0.25) is 0 Å². The van der Waals surface area contributed by atoms with Crippen LogP contribution < -0.4 is 5.73 Å². The van der Waals surface area contributed by atoms with Crippen molar-refractivity contribution in [3.63, 3.8) is 0 Å². The molecule has 1 aliphatic rings. The number of hydrogen-bond donors (Lipinski definition) is 1. The number of rotatable bonds is 3. The molecule has 0 unspecified atom stereocenters. The van der Waals surface area contributed by atoms with E-state index in [9.17, 15) is 0 Å². The summed E-state index contributed by atoms with van der Waals surface area (Å²) in [5.74, 6) is 0.578. The monoisotopic (exact) mass is 299 g/mol. The minimum atomic E-state index is 0.540. The Bertz CT molecular complexity index is 658. The summed E-state index contributed by atoms with van der Waals surface area (Å²) in [4.78, 5) is 6.59. The molecule has 0 aliphatic carbocycles. The van der Waals surface area contributed by atoms with Crippen molar-refractivity contribution in [3.8, 4) is 5.69 Å². The van der Waals surface area contributed by atoms with Crippen molar-refractivity contribution in [1.29, 1.82) is 0 Å². The number of morpholine rings is 1. The van der Waals surface area contributed by atoms with Gasteiger partial charge in [0.1, 0.15) is 0 Å². The van der Waals surface area contributed by atoms with Gasteiger partial charge >= 0.3 is 0 Å². The summed E-state index contributed by atoms with van der Waals surface area (Å²) in [6.07, 6.45) is 1.96. The molecule has 6 nitrogen and oxygen atoms in total. The Kier molecular flexibility index (Phi) is 4.39. The summed E-state index contributed by atoms with van der Waals surface area (Å²) in [7, 11) is 0. The number of nitrogens with zero attached hydrogens (tertiary/aromatic N) is 4. The zero-order chi connectivity index (χ0) is 15.4. The summed E-state index contributed by atoms with van der Waals surface area (Å²) in [5.41, 5.74) is 9.21. The van der Waals surface area contributed by atoms with Gasteiger partial charge in [0, 0.05) is 19.3 Å². The first-order valence-corrected chi connectivity index (χ1v) is 7.47. The lowest BCUT2D eigenvalue weighted by molar-refractivity contribution is 0.0674. The Morgan fingerprint density at radius 1 is 1.27 bits per heavy atom. The number of guanidine groups is 1. The van der Waals surface area contributed by atoms with E-state index in [0.717, 1.165) is 30.0 Å². The molecule has 0 spiro atoms. The standard InChI is InChI=1S/C16H21N5O/c1-13-6-7-21(19-13)15-5-3-2-4-14(15)12-18-16(17)20-8-10-22-11-9-20/h2-7H,8-12H2,1H3,(H2,17,18). The normalized spacial score (nSPS) is 16.0. The molecule has 0 saturated carbocycles. The number of aryl methyl sites for hydroxylation is 1. The number of ether oxygens (including phenoxy) is 1. The summed E-state index contributed by atoms with van der Waals surface area (Å²) < 4.78 is 7.21. The maximum atomic E-state index is 6.09. The second-order valence-electron chi connectivity index (χ2n) is 5.30. The topological polar surface area (TPSA) is 68.7 Å². The highest BCUT2D eigenvalue weighted by Gasteiger charge is 2.12. The molecule has 0 radical (unpaired) electrons. The third-order valence-corrected chi connectivity index (χ3v) is 3.71. The van der Waals surface area contributed by atoms with E-state index in [1.807, 2.05) is 42.1 Å². The van der Waals surface area contributed by atoms with E-state index in [-0.39, 0.29) is 0 Å². The average molecular weight is 299 g/mol. The maximum Gasteiger partial charge on any atom is 0.191 e. The summed E-state index contributed by atoms with van der Waals surface area (Å²) in [5, 5.41) is 4.47. The molecule has 0 amide bonds. The fourth-order valence-corrected chi connectivity index (χ4v) is 2.48. The molecule has 1 aromatic heterocycles. The molecule has 0 bridgehead atoms. The zero-order valence-electron chi connectivity index (χ0n) is 12.8. The number of para-hydroxylation sites is 1. The predicted octanol–water partition coefficient (Wildman–Crippen LogP) is 1.33. The van der Waals surface area contributed by atoms with Gasteiger partial charge in [-0.1, -0.05) is 18.2 Å². The molecule has 22 heavy (non-hydrogen) atoms. The van der Waals surface area contributed by atoms with Gasteiger partial charge < -0.3 is 15.4 Å². The van der Waals surface area contributed by atoms with Crippen LogP contribution in [0.3, 0.4) is 0 Å². The Balaban J connectivity index is 1.77. The van der Waals surface area contributed by atoms with Gasteiger partial charge in [0.15, 0.2) is 5.96 Å². The summed E-state index contributed by atoms with van der Waals surface area (Å²) in [6.45, 7) is 5.54. The van der Waals surface area contributed by atoms with Crippen molar-refractivity contribution in [2.45, 2.75) is 13.5 Å². The molecule has 2 aromatic rings. The van der Waals surface area contributed by atoms with E-state index in [1.54, 1.807) is 0 Å². The SMILES string of the molecule is Cc1ccn(-c2ccccc2CN=C(N)N2CCOCC2)n1. The van der Waals surface area contributed by atoms with Crippen molar-refractivity contribution >= 4 is 5.96 Å². The Labute approximate surface area is 130 Å². The molecule has 2 N–H and O–H groups in total.